The molecule has 0 saturated carbocycles. The molecule has 1 aliphatic rings. The molecule has 0 radical (unpaired) electrons. The summed E-state index contributed by atoms with van der Waals surface area (Å²) in [6.45, 7) is 12.4. The fraction of sp³-hybridized carbons (Fsp3) is 0.476. The van der Waals surface area contributed by atoms with Gasteiger partial charge in [0.2, 0.25) is 0 Å². The first kappa shape index (κ1) is 17.2. The molecule has 2 N–H and O–H groups in total. The Morgan fingerprint density at radius 1 is 1.27 bits per heavy atom. The average Bonchev–Trinajstić information content (AvgIpc) is 3.19. The maximum Gasteiger partial charge on any atom is 0.120 e. The first-order valence-electron chi connectivity index (χ1n) is 9.47. The predicted octanol–water partition coefficient (Wildman–Crippen LogP) is 4.15. The van der Waals surface area contributed by atoms with Gasteiger partial charge in [0, 0.05) is 59.3 Å². The lowest BCUT2D eigenvalue weighted by Gasteiger charge is -2.28. The lowest BCUT2D eigenvalue weighted by molar-refractivity contribution is 0.244. The molecule has 3 aromatic rings. The smallest absolute Gasteiger partial charge is 0.120 e. The molecule has 0 fully saturated rings. The van der Waals surface area contributed by atoms with Gasteiger partial charge in [0.25, 0.3) is 0 Å². The molecule has 0 saturated heterocycles. The van der Waals surface area contributed by atoms with Gasteiger partial charge < -0.3 is 9.72 Å². The average molecular weight is 352 g/mol. The van der Waals surface area contributed by atoms with E-state index in [0.717, 1.165) is 31.8 Å². The highest BCUT2D eigenvalue weighted by Crippen LogP contribution is 2.32. The number of fused-ring (bicyclic) bond motifs is 3. The highest BCUT2D eigenvalue weighted by molar-refractivity contribution is 5.86. The van der Waals surface area contributed by atoms with Crippen molar-refractivity contribution < 1.29 is 4.74 Å². The molecule has 2 aromatic heterocycles. The van der Waals surface area contributed by atoms with Crippen LogP contribution < -0.4 is 4.74 Å². The van der Waals surface area contributed by atoms with Crippen molar-refractivity contribution in [2.24, 2.45) is 0 Å². The lowest BCUT2D eigenvalue weighted by Crippen LogP contribution is -2.30. The Balaban J connectivity index is 1.60. The first-order chi connectivity index (χ1) is 12.5. The van der Waals surface area contributed by atoms with Crippen molar-refractivity contribution in [1.29, 1.82) is 0 Å². The molecule has 1 aromatic carbocycles. The molecule has 3 heterocycles. The fourth-order valence-corrected chi connectivity index (χ4v) is 3.96. The standard InChI is InChI=1S/C21H28N4O/c1-5-26-15-6-7-18-16(10-15)17-13-25(9-8-19(17)23-18)12-14-11-22-24-20(14)21(2,3)4/h6-7,10-11,23H,5,8-9,12-13H2,1-4H3,(H,22,24). The zero-order chi connectivity index (χ0) is 18.3. The van der Waals surface area contributed by atoms with E-state index in [1.807, 2.05) is 19.2 Å². The minimum atomic E-state index is 0.0833. The largest absolute Gasteiger partial charge is 0.494 e. The van der Waals surface area contributed by atoms with Crippen LogP contribution in [-0.4, -0.2) is 33.2 Å². The van der Waals surface area contributed by atoms with E-state index in [1.165, 1.54) is 33.4 Å². The van der Waals surface area contributed by atoms with E-state index in [-0.39, 0.29) is 5.41 Å². The van der Waals surface area contributed by atoms with Gasteiger partial charge >= 0.3 is 0 Å². The van der Waals surface area contributed by atoms with Gasteiger partial charge in [0.05, 0.1) is 12.8 Å². The van der Waals surface area contributed by atoms with Gasteiger partial charge in [-0.05, 0) is 30.7 Å². The predicted molar refractivity (Wildman–Crippen MR) is 105 cm³/mol. The molecular formula is C21H28N4O. The minimum Gasteiger partial charge on any atom is -0.494 e. The van der Waals surface area contributed by atoms with Crippen LogP contribution in [0.25, 0.3) is 10.9 Å². The van der Waals surface area contributed by atoms with Crippen molar-refractivity contribution in [1.82, 2.24) is 20.1 Å². The number of hydrogen-bond donors (Lipinski definition) is 2. The molecule has 0 spiro atoms. The lowest BCUT2D eigenvalue weighted by atomic mass is 9.89. The second-order valence-corrected chi connectivity index (χ2v) is 8.20. The molecule has 0 aliphatic carbocycles. The van der Waals surface area contributed by atoms with Crippen LogP contribution in [0.1, 0.15) is 50.2 Å². The number of benzene rings is 1. The van der Waals surface area contributed by atoms with E-state index in [0.29, 0.717) is 6.61 Å². The van der Waals surface area contributed by atoms with Gasteiger partial charge in [-0.15, -0.1) is 0 Å². The summed E-state index contributed by atoms with van der Waals surface area (Å²) in [7, 11) is 0. The second kappa shape index (κ2) is 6.47. The molecule has 0 amide bonds. The third-order valence-electron chi connectivity index (χ3n) is 5.20. The maximum atomic E-state index is 5.70. The Hall–Kier alpha value is -2.27. The van der Waals surface area contributed by atoms with Gasteiger partial charge in [0.15, 0.2) is 0 Å². The molecule has 138 valence electrons. The third-order valence-corrected chi connectivity index (χ3v) is 5.20. The van der Waals surface area contributed by atoms with E-state index < -0.39 is 0 Å². The highest BCUT2D eigenvalue weighted by atomic mass is 16.5. The van der Waals surface area contributed by atoms with Crippen LogP contribution >= 0.6 is 0 Å². The van der Waals surface area contributed by atoms with Crippen molar-refractivity contribution in [3.05, 3.63) is 46.9 Å². The van der Waals surface area contributed by atoms with Crippen LogP contribution in [0.5, 0.6) is 5.75 Å². The summed E-state index contributed by atoms with van der Waals surface area (Å²) < 4.78 is 5.70. The van der Waals surface area contributed by atoms with Gasteiger partial charge in [-0.3, -0.25) is 10.00 Å². The number of rotatable bonds is 4. The normalized spacial score (nSPS) is 15.4. The third kappa shape index (κ3) is 3.12. The zero-order valence-electron chi connectivity index (χ0n) is 16.1. The number of nitrogens with zero attached hydrogens (tertiary/aromatic N) is 2. The molecule has 5 nitrogen and oxygen atoms in total. The summed E-state index contributed by atoms with van der Waals surface area (Å²) in [6.07, 6.45) is 3.04. The van der Waals surface area contributed by atoms with Crippen LogP contribution in [0.3, 0.4) is 0 Å². The SMILES string of the molecule is CCOc1ccc2[nH]c3c(c2c1)CN(Cc1cn[nH]c1C(C)(C)C)CC3. The molecule has 26 heavy (non-hydrogen) atoms. The van der Waals surface area contributed by atoms with Crippen molar-refractivity contribution in [2.75, 3.05) is 13.2 Å². The topological polar surface area (TPSA) is 56.9 Å². The highest BCUT2D eigenvalue weighted by Gasteiger charge is 2.25. The molecule has 1 aliphatic heterocycles. The second-order valence-electron chi connectivity index (χ2n) is 8.20. The van der Waals surface area contributed by atoms with Crippen molar-refractivity contribution in [3.8, 4) is 5.75 Å². The number of H-pyrrole nitrogens is 2. The molecular weight excluding hydrogens is 324 g/mol. The van der Waals surface area contributed by atoms with Crippen LogP contribution in [0.15, 0.2) is 24.4 Å². The van der Waals surface area contributed by atoms with Crippen LogP contribution in [0, 0.1) is 0 Å². The summed E-state index contributed by atoms with van der Waals surface area (Å²) in [5.41, 5.74) is 6.61. The van der Waals surface area contributed by atoms with E-state index in [4.69, 9.17) is 4.74 Å². The van der Waals surface area contributed by atoms with Crippen molar-refractivity contribution in [2.45, 2.75) is 52.6 Å². The molecule has 0 unspecified atom stereocenters. The summed E-state index contributed by atoms with van der Waals surface area (Å²) >= 11 is 0. The summed E-state index contributed by atoms with van der Waals surface area (Å²) in [4.78, 5) is 6.12. The quantitative estimate of drug-likeness (QED) is 0.742. The molecule has 0 atom stereocenters. The van der Waals surface area contributed by atoms with Crippen molar-refractivity contribution >= 4 is 10.9 Å². The monoisotopic (exact) mass is 352 g/mol. The molecule has 5 heteroatoms. The van der Waals surface area contributed by atoms with Gasteiger partial charge in [-0.25, -0.2) is 0 Å². The number of ether oxygens (including phenoxy) is 1. The number of aromatic nitrogens is 3. The van der Waals surface area contributed by atoms with Gasteiger partial charge in [0.1, 0.15) is 5.75 Å². The summed E-state index contributed by atoms with van der Waals surface area (Å²) in [6, 6.07) is 6.36. The minimum absolute atomic E-state index is 0.0833. The maximum absolute atomic E-state index is 5.70. The van der Waals surface area contributed by atoms with Crippen LogP contribution in [0.2, 0.25) is 0 Å². The Morgan fingerprint density at radius 3 is 2.88 bits per heavy atom. The van der Waals surface area contributed by atoms with Gasteiger partial charge in [-0.1, -0.05) is 20.8 Å². The zero-order valence-corrected chi connectivity index (χ0v) is 16.1. The van der Waals surface area contributed by atoms with Crippen LogP contribution in [-0.2, 0) is 24.9 Å². The number of hydrogen-bond acceptors (Lipinski definition) is 3. The van der Waals surface area contributed by atoms with E-state index in [9.17, 15) is 0 Å². The Labute approximate surface area is 154 Å². The van der Waals surface area contributed by atoms with E-state index in [2.05, 4.69) is 53.0 Å². The van der Waals surface area contributed by atoms with Crippen molar-refractivity contribution in [3.63, 3.8) is 0 Å². The van der Waals surface area contributed by atoms with E-state index in [1.54, 1.807) is 0 Å². The Bertz CT molecular complexity index is 916. The van der Waals surface area contributed by atoms with Gasteiger partial charge in [-0.2, -0.15) is 5.10 Å². The van der Waals surface area contributed by atoms with E-state index >= 15 is 0 Å². The Morgan fingerprint density at radius 2 is 2.12 bits per heavy atom. The molecule has 4 rings (SSSR count). The summed E-state index contributed by atoms with van der Waals surface area (Å²) in [5.74, 6) is 0.948. The number of aromatic amines is 2. The number of nitrogens with one attached hydrogen (secondary N) is 2. The summed E-state index contributed by atoms with van der Waals surface area (Å²) in [5, 5.41) is 8.79. The van der Waals surface area contributed by atoms with Crippen LogP contribution in [0.4, 0.5) is 0 Å². The molecule has 0 bridgehead atoms. The Kier molecular flexibility index (Phi) is 4.27. The fourth-order valence-electron chi connectivity index (χ4n) is 3.96. The first-order valence-corrected chi connectivity index (χ1v) is 9.47.